The second-order valence-electron chi connectivity index (χ2n) is 8.52. The SMILES string of the molecule is [B]C1(C)OC2(CCN(C([B])([B])C([B])([B])c3cc(F)ccc3F)CC2)CN(CC)C1=O. The largest absolute Gasteiger partial charge is 0.367 e. The number of likely N-dealkylation sites (tertiary alicyclic amines) is 1. The lowest BCUT2D eigenvalue weighted by molar-refractivity contribution is -0.200. The third kappa shape index (κ3) is 3.88. The molecule has 11 heteroatoms. The highest BCUT2D eigenvalue weighted by molar-refractivity contribution is 6.54. The van der Waals surface area contributed by atoms with Crippen molar-refractivity contribution >= 4 is 45.1 Å². The molecule has 148 valence electrons. The number of ether oxygens (including phenoxy) is 1. The average Bonchev–Trinajstić information content (AvgIpc) is 2.66. The van der Waals surface area contributed by atoms with Gasteiger partial charge in [-0.1, -0.05) is 10.6 Å². The number of morpholine rings is 1. The van der Waals surface area contributed by atoms with Gasteiger partial charge in [-0.05, 0) is 63.5 Å². The van der Waals surface area contributed by atoms with Gasteiger partial charge in [-0.15, -0.1) is 0 Å². The van der Waals surface area contributed by atoms with Crippen molar-refractivity contribution in [2.24, 2.45) is 0 Å². The van der Waals surface area contributed by atoms with E-state index >= 15 is 0 Å². The second kappa shape index (κ2) is 7.73. The van der Waals surface area contributed by atoms with Gasteiger partial charge in [0, 0.05) is 13.1 Å². The van der Waals surface area contributed by atoms with E-state index in [0.717, 1.165) is 18.2 Å². The van der Waals surface area contributed by atoms with Crippen molar-refractivity contribution < 1.29 is 18.3 Å². The number of hydrogen-bond donors (Lipinski definition) is 0. The Morgan fingerprint density at radius 3 is 2.33 bits per heavy atom. The number of halogens is 2. The lowest BCUT2D eigenvalue weighted by atomic mass is 9.31. The van der Waals surface area contributed by atoms with Crippen LogP contribution in [0, 0.1) is 11.6 Å². The Labute approximate surface area is 183 Å². The van der Waals surface area contributed by atoms with Crippen LogP contribution in [0.2, 0.25) is 0 Å². The molecule has 10 radical (unpaired) electrons. The molecule has 0 saturated carbocycles. The lowest BCUT2D eigenvalue weighted by Crippen LogP contribution is -2.70. The van der Waals surface area contributed by atoms with Gasteiger partial charge in [-0.3, -0.25) is 4.79 Å². The van der Waals surface area contributed by atoms with Gasteiger partial charge in [0.1, 0.15) is 25.0 Å². The van der Waals surface area contributed by atoms with E-state index in [1.54, 1.807) is 16.7 Å². The molecular weight excluding hydrogens is 380 g/mol. The number of benzene rings is 1. The maximum atomic E-state index is 14.3. The van der Waals surface area contributed by atoms with Crippen molar-refractivity contribution in [3.05, 3.63) is 35.4 Å². The molecule has 2 aliphatic heterocycles. The highest BCUT2D eigenvalue weighted by Gasteiger charge is 2.52. The summed E-state index contributed by atoms with van der Waals surface area (Å²) in [5, 5.41) is -3.96. The van der Waals surface area contributed by atoms with Crippen molar-refractivity contribution in [1.29, 1.82) is 0 Å². The molecule has 0 aromatic heterocycles. The lowest BCUT2D eigenvalue weighted by Gasteiger charge is -2.58. The maximum Gasteiger partial charge on any atom is 0.244 e. The number of likely N-dealkylation sites (N-methyl/N-ethyl adjacent to an activating group) is 1. The number of amides is 1. The summed E-state index contributed by atoms with van der Waals surface area (Å²) in [6.45, 7) is 4.92. The third-order valence-electron chi connectivity index (χ3n) is 6.24. The minimum Gasteiger partial charge on any atom is -0.367 e. The first kappa shape index (κ1) is 23.5. The third-order valence-corrected chi connectivity index (χ3v) is 6.24. The van der Waals surface area contributed by atoms with Crippen molar-refractivity contribution in [1.82, 2.24) is 9.80 Å². The predicted octanol–water partition coefficient (Wildman–Crippen LogP) is 0.0434. The van der Waals surface area contributed by atoms with E-state index in [9.17, 15) is 13.6 Å². The minimum absolute atomic E-state index is 0.269. The molecule has 1 amide bonds. The zero-order valence-electron chi connectivity index (χ0n) is 17.3. The zero-order chi connectivity index (χ0) is 22.5. The smallest absolute Gasteiger partial charge is 0.244 e. The minimum atomic E-state index is -2.08. The molecule has 1 aromatic carbocycles. The molecule has 3 rings (SSSR count). The zero-order valence-corrected chi connectivity index (χ0v) is 17.3. The van der Waals surface area contributed by atoms with Crippen molar-refractivity contribution in [2.75, 3.05) is 26.2 Å². The molecule has 0 N–H and O–H groups in total. The van der Waals surface area contributed by atoms with Gasteiger partial charge in [0.05, 0.1) is 37.0 Å². The Bertz CT molecular complexity index is 829. The summed E-state index contributed by atoms with van der Waals surface area (Å²) in [4.78, 5) is 15.7. The monoisotopic (exact) mass is 402 g/mol. The molecule has 2 aliphatic rings. The molecule has 1 atom stereocenters. The highest BCUT2D eigenvalue weighted by Crippen LogP contribution is 2.40. The summed E-state index contributed by atoms with van der Waals surface area (Å²) in [6, 6.07) is 2.78. The van der Waals surface area contributed by atoms with Gasteiger partial charge in [0.2, 0.25) is 5.91 Å². The van der Waals surface area contributed by atoms with Crippen molar-refractivity contribution in [2.45, 2.75) is 48.3 Å². The first-order valence-electron chi connectivity index (χ1n) is 9.90. The predicted molar refractivity (Wildman–Crippen MR) is 115 cm³/mol. The molecule has 30 heavy (non-hydrogen) atoms. The van der Waals surface area contributed by atoms with E-state index < -0.39 is 33.3 Å². The van der Waals surface area contributed by atoms with E-state index in [0.29, 0.717) is 39.0 Å². The fraction of sp³-hybridized carbons (Fsp3) is 0.632. The normalized spacial score (nSPS) is 25.6. The summed E-state index contributed by atoms with van der Waals surface area (Å²) < 4.78 is 34.0. The Hall–Kier alpha value is -1.21. The molecule has 0 bridgehead atoms. The molecule has 1 unspecified atom stereocenters. The Morgan fingerprint density at radius 1 is 1.17 bits per heavy atom. The Kier molecular flexibility index (Phi) is 6.05. The summed E-state index contributed by atoms with van der Waals surface area (Å²) in [7, 11) is 31.0. The molecule has 2 heterocycles. The van der Waals surface area contributed by atoms with Crippen LogP contribution in [0.5, 0.6) is 0 Å². The van der Waals surface area contributed by atoms with Crippen LogP contribution in [0.25, 0.3) is 0 Å². The van der Waals surface area contributed by atoms with Crippen LogP contribution in [0.4, 0.5) is 8.78 Å². The summed E-state index contributed by atoms with van der Waals surface area (Å²) >= 11 is 0. The number of nitrogens with zero attached hydrogens (tertiary/aromatic N) is 2. The number of hydrogen-bond acceptors (Lipinski definition) is 3. The fourth-order valence-corrected chi connectivity index (χ4v) is 4.35. The number of carbonyl (C=O) groups excluding carboxylic acids is 1. The molecular formula is C19H21B5F2N2O2. The second-order valence-corrected chi connectivity index (χ2v) is 8.52. The van der Waals surface area contributed by atoms with Crippen LogP contribution in [-0.4, -0.2) is 97.6 Å². The van der Waals surface area contributed by atoms with Gasteiger partial charge < -0.3 is 14.5 Å². The van der Waals surface area contributed by atoms with Crippen LogP contribution in [0.1, 0.15) is 32.3 Å². The quantitative estimate of drug-likeness (QED) is 0.669. The first-order chi connectivity index (χ1) is 13.8. The Balaban J connectivity index is 1.81. The molecule has 1 aromatic rings. The van der Waals surface area contributed by atoms with Crippen LogP contribution in [0.15, 0.2) is 18.2 Å². The molecule has 2 saturated heterocycles. The van der Waals surface area contributed by atoms with Gasteiger partial charge in [-0.2, -0.15) is 0 Å². The van der Waals surface area contributed by atoms with E-state index in [1.165, 1.54) is 0 Å². The fourth-order valence-electron chi connectivity index (χ4n) is 4.35. The van der Waals surface area contributed by atoms with Gasteiger partial charge in [0.25, 0.3) is 0 Å². The van der Waals surface area contributed by atoms with Crippen molar-refractivity contribution in [3.63, 3.8) is 0 Å². The topological polar surface area (TPSA) is 32.8 Å². The van der Waals surface area contributed by atoms with Gasteiger partial charge >= 0.3 is 0 Å². The molecule has 4 nitrogen and oxygen atoms in total. The first-order valence-corrected chi connectivity index (χ1v) is 9.90. The number of rotatable bonds is 4. The number of piperidine rings is 1. The van der Waals surface area contributed by atoms with Crippen LogP contribution in [0.3, 0.4) is 0 Å². The average molecular weight is 401 g/mol. The van der Waals surface area contributed by atoms with Crippen LogP contribution < -0.4 is 0 Å². The van der Waals surface area contributed by atoms with E-state index in [1.807, 2.05) is 6.92 Å². The number of carbonyl (C=O) groups is 1. The van der Waals surface area contributed by atoms with Gasteiger partial charge in [-0.25, -0.2) is 8.78 Å². The van der Waals surface area contributed by atoms with E-state index in [-0.39, 0.29) is 11.5 Å². The molecule has 2 fully saturated rings. The van der Waals surface area contributed by atoms with Crippen molar-refractivity contribution in [3.8, 4) is 0 Å². The van der Waals surface area contributed by atoms with E-state index in [4.69, 9.17) is 44.0 Å². The maximum absolute atomic E-state index is 14.3. The molecule has 1 spiro atoms. The summed E-state index contributed by atoms with van der Waals surface area (Å²) in [6.07, 6.45) is 0.892. The summed E-state index contributed by atoms with van der Waals surface area (Å²) in [5.74, 6) is -1.78. The van der Waals surface area contributed by atoms with Crippen LogP contribution >= 0.6 is 0 Å². The molecule has 0 aliphatic carbocycles. The standard InChI is InChI=1S/C19H21B5F2N2O2/c1-3-27-11-17(30-16(2,20)15(27)29)6-8-28(9-7-17)19(23,24)18(21,22)13-10-12(25)4-5-14(13)26/h4-5,10H,3,6-9,11H2,1-2H3. The summed E-state index contributed by atoms with van der Waals surface area (Å²) in [5.41, 5.74) is -2.43. The van der Waals surface area contributed by atoms with E-state index in [2.05, 4.69) is 0 Å². The van der Waals surface area contributed by atoms with Gasteiger partial charge in [0.15, 0.2) is 0 Å². The Morgan fingerprint density at radius 2 is 1.77 bits per heavy atom. The highest BCUT2D eigenvalue weighted by atomic mass is 19.1. The van der Waals surface area contributed by atoms with Crippen LogP contribution in [-0.2, 0) is 14.7 Å².